The number of nitrogens with zero attached hydrogens (tertiary/aromatic N) is 3. The molecule has 0 atom stereocenters. The van der Waals surface area contributed by atoms with E-state index in [1.165, 1.54) is 11.3 Å². The molecule has 0 aliphatic heterocycles. The Balaban J connectivity index is 1.99. The second-order valence-electron chi connectivity index (χ2n) is 6.14. The Morgan fingerprint density at radius 3 is 2.50 bits per heavy atom. The number of rotatable bonds is 7. The molecule has 0 saturated heterocycles. The van der Waals surface area contributed by atoms with E-state index in [1.54, 1.807) is 44.4 Å². The predicted molar refractivity (Wildman–Crippen MR) is 102 cm³/mol. The van der Waals surface area contributed by atoms with E-state index >= 15 is 0 Å². The van der Waals surface area contributed by atoms with Gasteiger partial charge in [-0.3, -0.25) is 4.68 Å². The van der Waals surface area contributed by atoms with Gasteiger partial charge < -0.3 is 19.7 Å². The third-order valence-electron chi connectivity index (χ3n) is 4.51. The number of carbonyl (C=O) groups is 1. The number of ether oxygens (including phenoxy) is 2. The van der Waals surface area contributed by atoms with E-state index in [0.29, 0.717) is 23.7 Å². The quantitative estimate of drug-likeness (QED) is 0.823. The highest BCUT2D eigenvalue weighted by atomic mass is 16.5. The summed E-state index contributed by atoms with van der Waals surface area (Å²) in [6.07, 6.45) is 0.771. The van der Waals surface area contributed by atoms with Gasteiger partial charge in [0.25, 0.3) is 0 Å². The first-order chi connectivity index (χ1) is 12.4. The zero-order chi connectivity index (χ0) is 19.3. The van der Waals surface area contributed by atoms with Crippen molar-refractivity contribution in [2.24, 2.45) is 0 Å². The van der Waals surface area contributed by atoms with E-state index in [-0.39, 0.29) is 6.03 Å². The van der Waals surface area contributed by atoms with Gasteiger partial charge in [-0.2, -0.15) is 5.10 Å². The van der Waals surface area contributed by atoms with Gasteiger partial charge in [0.05, 0.1) is 19.9 Å². The number of aryl methyl sites for hydroxylation is 2. The molecule has 1 aromatic carbocycles. The molecule has 0 aliphatic rings. The topological polar surface area (TPSA) is 68.6 Å². The van der Waals surface area contributed by atoms with Crippen LogP contribution >= 0.6 is 0 Å². The summed E-state index contributed by atoms with van der Waals surface area (Å²) < 4.78 is 12.5. The van der Waals surface area contributed by atoms with Crippen LogP contribution in [0, 0.1) is 13.8 Å². The molecule has 0 spiro atoms. The lowest BCUT2D eigenvalue weighted by Gasteiger charge is -2.19. The van der Waals surface area contributed by atoms with Gasteiger partial charge in [0, 0.05) is 37.6 Å². The summed E-state index contributed by atoms with van der Waals surface area (Å²) >= 11 is 0. The van der Waals surface area contributed by atoms with Gasteiger partial charge in [0.1, 0.15) is 0 Å². The van der Waals surface area contributed by atoms with E-state index in [9.17, 15) is 4.79 Å². The standard InChI is InChI=1S/C19H28N4O3/c1-7-23-14(3)16(13(2)21-23)10-11-22(4)19(24)20-15-8-9-17(25-5)18(12-15)26-6/h8-9,12H,7,10-11H2,1-6H3,(H,20,24). The van der Waals surface area contributed by atoms with Crippen LogP contribution in [-0.2, 0) is 13.0 Å². The van der Waals surface area contributed by atoms with E-state index < -0.39 is 0 Å². The number of nitrogens with one attached hydrogen (secondary N) is 1. The van der Waals surface area contributed by atoms with Crippen molar-refractivity contribution in [1.82, 2.24) is 14.7 Å². The van der Waals surface area contributed by atoms with Crippen LogP contribution in [0.4, 0.5) is 10.5 Å². The van der Waals surface area contributed by atoms with Crippen LogP contribution < -0.4 is 14.8 Å². The number of carbonyl (C=O) groups excluding carboxylic acids is 1. The highest BCUT2D eigenvalue weighted by Gasteiger charge is 2.14. The largest absolute Gasteiger partial charge is 0.493 e. The fraction of sp³-hybridized carbons (Fsp3) is 0.474. The summed E-state index contributed by atoms with van der Waals surface area (Å²) in [5.74, 6) is 1.20. The molecular weight excluding hydrogens is 332 g/mol. The molecule has 2 rings (SSSR count). The fourth-order valence-corrected chi connectivity index (χ4v) is 2.92. The third kappa shape index (κ3) is 4.28. The lowest BCUT2D eigenvalue weighted by atomic mass is 10.1. The van der Waals surface area contributed by atoms with Crippen molar-refractivity contribution in [2.75, 3.05) is 33.1 Å². The van der Waals surface area contributed by atoms with E-state index in [2.05, 4.69) is 24.3 Å². The zero-order valence-corrected chi connectivity index (χ0v) is 16.4. The normalized spacial score (nSPS) is 10.5. The number of hydrogen-bond donors (Lipinski definition) is 1. The van der Waals surface area contributed by atoms with Crippen LogP contribution in [-0.4, -0.2) is 48.5 Å². The molecule has 26 heavy (non-hydrogen) atoms. The molecule has 0 aliphatic carbocycles. The number of aromatic nitrogens is 2. The predicted octanol–water partition coefficient (Wildman–Crippen LogP) is 3.24. The van der Waals surface area contributed by atoms with Crippen molar-refractivity contribution < 1.29 is 14.3 Å². The van der Waals surface area contributed by atoms with Crippen LogP contribution in [0.15, 0.2) is 18.2 Å². The van der Waals surface area contributed by atoms with Gasteiger partial charge in [-0.25, -0.2) is 4.79 Å². The summed E-state index contributed by atoms with van der Waals surface area (Å²) in [5, 5.41) is 7.41. The molecule has 7 heteroatoms. The molecule has 0 bridgehead atoms. The summed E-state index contributed by atoms with van der Waals surface area (Å²) in [7, 11) is 4.93. The van der Waals surface area contributed by atoms with Crippen molar-refractivity contribution in [1.29, 1.82) is 0 Å². The maximum absolute atomic E-state index is 12.4. The van der Waals surface area contributed by atoms with Crippen LogP contribution in [0.2, 0.25) is 0 Å². The van der Waals surface area contributed by atoms with Crippen molar-refractivity contribution in [3.8, 4) is 11.5 Å². The summed E-state index contributed by atoms with van der Waals surface area (Å²) in [6, 6.07) is 5.12. The number of amides is 2. The molecular formula is C19H28N4O3. The Bertz CT molecular complexity index is 770. The first-order valence-electron chi connectivity index (χ1n) is 8.68. The van der Waals surface area contributed by atoms with Crippen molar-refractivity contribution in [3.63, 3.8) is 0 Å². The number of anilines is 1. The zero-order valence-electron chi connectivity index (χ0n) is 16.4. The first kappa shape index (κ1) is 19.6. The van der Waals surface area contributed by atoms with Crippen molar-refractivity contribution in [2.45, 2.75) is 33.7 Å². The summed E-state index contributed by atoms with van der Waals surface area (Å²) in [6.45, 7) is 7.62. The molecule has 7 nitrogen and oxygen atoms in total. The minimum Gasteiger partial charge on any atom is -0.493 e. The van der Waals surface area contributed by atoms with Gasteiger partial charge in [-0.1, -0.05) is 0 Å². The van der Waals surface area contributed by atoms with Crippen LogP contribution in [0.1, 0.15) is 23.9 Å². The summed E-state index contributed by atoms with van der Waals surface area (Å²) in [4.78, 5) is 14.1. The van der Waals surface area contributed by atoms with Gasteiger partial charge in [0.2, 0.25) is 0 Å². The number of likely N-dealkylation sites (N-methyl/N-ethyl adjacent to an activating group) is 1. The number of benzene rings is 1. The molecule has 2 amide bonds. The van der Waals surface area contributed by atoms with E-state index in [4.69, 9.17) is 9.47 Å². The van der Waals surface area contributed by atoms with Gasteiger partial charge >= 0.3 is 6.03 Å². The minimum absolute atomic E-state index is 0.171. The fourth-order valence-electron chi connectivity index (χ4n) is 2.92. The van der Waals surface area contributed by atoms with Crippen LogP contribution in [0.5, 0.6) is 11.5 Å². The molecule has 1 heterocycles. The number of hydrogen-bond acceptors (Lipinski definition) is 4. The minimum atomic E-state index is -0.171. The molecule has 2 aromatic rings. The van der Waals surface area contributed by atoms with Crippen LogP contribution in [0.3, 0.4) is 0 Å². The second-order valence-corrected chi connectivity index (χ2v) is 6.14. The van der Waals surface area contributed by atoms with Crippen LogP contribution in [0.25, 0.3) is 0 Å². The molecule has 1 aromatic heterocycles. The summed E-state index contributed by atoms with van der Waals surface area (Å²) in [5.41, 5.74) is 4.06. The smallest absolute Gasteiger partial charge is 0.321 e. The third-order valence-corrected chi connectivity index (χ3v) is 4.51. The number of methoxy groups -OCH3 is 2. The second kappa shape index (κ2) is 8.60. The van der Waals surface area contributed by atoms with Gasteiger partial charge in [-0.15, -0.1) is 0 Å². The Labute approximate surface area is 154 Å². The average Bonchev–Trinajstić information content (AvgIpc) is 2.92. The molecule has 0 saturated carbocycles. The van der Waals surface area contributed by atoms with Gasteiger partial charge in [0.15, 0.2) is 11.5 Å². The monoisotopic (exact) mass is 360 g/mol. The maximum atomic E-state index is 12.4. The SMILES string of the molecule is CCn1nc(C)c(CCN(C)C(=O)Nc2ccc(OC)c(OC)c2)c1C. The highest BCUT2D eigenvalue weighted by Crippen LogP contribution is 2.29. The first-order valence-corrected chi connectivity index (χ1v) is 8.68. The molecule has 142 valence electrons. The number of urea groups is 1. The lowest BCUT2D eigenvalue weighted by Crippen LogP contribution is -2.33. The van der Waals surface area contributed by atoms with Crippen molar-refractivity contribution in [3.05, 3.63) is 35.2 Å². The molecule has 0 fully saturated rings. The van der Waals surface area contributed by atoms with Gasteiger partial charge in [-0.05, 0) is 44.9 Å². The molecule has 0 unspecified atom stereocenters. The molecule has 0 radical (unpaired) electrons. The Morgan fingerprint density at radius 2 is 1.92 bits per heavy atom. The average molecular weight is 360 g/mol. The lowest BCUT2D eigenvalue weighted by molar-refractivity contribution is 0.223. The maximum Gasteiger partial charge on any atom is 0.321 e. The molecule has 1 N–H and O–H groups in total. The Morgan fingerprint density at radius 1 is 1.23 bits per heavy atom. The highest BCUT2D eigenvalue weighted by molar-refractivity contribution is 5.89. The van der Waals surface area contributed by atoms with E-state index in [0.717, 1.165) is 18.7 Å². The Kier molecular flexibility index (Phi) is 6.49. The van der Waals surface area contributed by atoms with E-state index in [1.807, 2.05) is 11.6 Å². The Hall–Kier alpha value is -2.70. The van der Waals surface area contributed by atoms with Crippen molar-refractivity contribution >= 4 is 11.7 Å².